The summed E-state index contributed by atoms with van der Waals surface area (Å²) in [7, 11) is -2.09. The molecule has 4 heteroatoms. The quantitative estimate of drug-likeness (QED) is 0.619. The molecule has 0 N–H and O–H groups in total. The van der Waals surface area contributed by atoms with Crippen molar-refractivity contribution in [2.24, 2.45) is 0 Å². The molecule has 0 spiro atoms. The standard InChI is InChI=1S/C7H19O2Si2/c1-6-8-10(9-7-2)11(3,4)5/h6-7H2,1-5H3. The van der Waals surface area contributed by atoms with Gasteiger partial charge < -0.3 is 8.85 Å². The fourth-order valence-electron chi connectivity index (χ4n) is 0.737. The molecule has 0 heterocycles. The topological polar surface area (TPSA) is 18.5 Å². The van der Waals surface area contributed by atoms with Gasteiger partial charge in [0.05, 0.1) is 0 Å². The summed E-state index contributed by atoms with van der Waals surface area (Å²) in [5.41, 5.74) is 0. The third-order valence-electron chi connectivity index (χ3n) is 1.16. The molecule has 67 valence electrons. The SMILES string of the molecule is CCO[Si](OCC)[Si](C)(C)C. The molecule has 0 saturated heterocycles. The lowest BCUT2D eigenvalue weighted by Gasteiger charge is -2.24. The van der Waals surface area contributed by atoms with Crippen LogP contribution in [0.2, 0.25) is 19.6 Å². The molecular weight excluding hydrogens is 172 g/mol. The molecule has 1 radical (unpaired) electrons. The van der Waals surface area contributed by atoms with E-state index in [1.807, 2.05) is 13.8 Å². The third-order valence-corrected chi connectivity index (χ3v) is 8.03. The van der Waals surface area contributed by atoms with Crippen molar-refractivity contribution in [1.29, 1.82) is 0 Å². The largest absolute Gasteiger partial charge is 0.396 e. The Morgan fingerprint density at radius 3 is 1.55 bits per heavy atom. The second-order valence-electron chi connectivity index (χ2n) is 3.40. The molecule has 0 atom stereocenters. The average Bonchev–Trinajstić information content (AvgIpc) is 1.85. The van der Waals surface area contributed by atoms with Crippen LogP contribution in [-0.2, 0) is 8.85 Å². The van der Waals surface area contributed by atoms with Crippen molar-refractivity contribution >= 4 is 16.4 Å². The minimum absolute atomic E-state index is 0.790. The molecule has 0 aliphatic carbocycles. The highest BCUT2D eigenvalue weighted by atomic mass is 29.2. The van der Waals surface area contributed by atoms with Gasteiger partial charge in [0.1, 0.15) is 7.59 Å². The van der Waals surface area contributed by atoms with Crippen molar-refractivity contribution in [3.05, 3.63) is 0 Å². The van der Waals surface area contributed by atoms with Gasteiger partial charge in [-0.05, 0) is 13.8 Å². The molecule has 0 rings (SSSR count). The minimum Gasteiger partial charge on any atom is -0.396 e. The second-order valence-corrected chi connectivity index (χ2v) is 14.8. The van der Waals surface area contributed by atoms with Gasteiger partial charge in [0.15, 0.2) is 0 Å². The highest BCUT2D eigenvalue weighted by Gasteiger charge is 2.32. The fourth-order valence-corrected chi connectivity index (χ4v) is 5.67. The van der Waals surface area contributed by atoms with Crippen molar-refractivity contribution < 1.29 is 8.85 Å². The highest BCUT2D eigenvalue weighted by molar-refractivity contribution is 7.26. The zero-order chi connectivity index (χ0) is 8.91. The summed E-state index contributed by atoms with van der Waals surface area (Å²) in [5, 5.41) is 0. The molecule has 2 nitrogen and oxygen atoms in total. The van der Waals surface area contributed by atoms with E-state index in [1.165, 1.54) is 0 Å². The molecule has 0 aliphatic heterocycles. The molecule has 0 aliphatic rings. The van der Waals surface area contributed by atoms with Crippen LogP contribution in [0.4, 0.5) is 0 Å². The van der Waals surface area contributed by atoms with Gasteiger partial charge in [-0.2, -0.15) is 0 Å². The molecule has 0 fully saturated rings. The van der Waals surface area contributed by atoms with Crippen LogP contribution in [0.1, 0.15) is 13.8 Å². The van der Waals surface area contributed by atoms with Crippen LogP contribution in [0.3, 0.4) is 0 Å². The van der Waals surface area contributed by atoms with E-state index in [0.717, 1.165) is 13.2 Å². The summed E-state index contributed by atoms with van der Waals surface area (Å²) in [6.07, 6.45) is 0. The van der Waals surface area contributed by atoms with E-state index in [2.05, 4.69) is 19.6 Å². The summed E-state index contributed by atoms with van der Waals surface area (Å²) in [4.78, 5) is 0. The van der Waals surface area contributed by atoms with Gasteiger partial charge in [0.25, 0.3) is 0 Å². The Morgan fingerprint density at radius 2 is 1.36 bits per heavy atom. The molecule has 0 saturated carbocycles. The van der Waals surface area contributed by atoms with Crippen LogP contribution in [-0.4, -0.2) is 29.6 Å². The predicted octanol–water partition coefficient (Wildman–Crippen LogP) is 1.96. The Kier molecular flexibility index (Phi) is 5.24. The molecule has 0 bridgehead atoms. The molecule has 0 aromatic heterocycles. The molecule has 0 aromatic rings. The first-order chi connectivity index (χ1) is 5.02. The Balaban J connectivity index is 3.88. The first-order valence-corrected chi connectivity index (χ1v) is 9.97. The monoisotopic (exact) mass is 191 g/mol. The number of rotatable bonds is 5. The Morgan fingerprint density at radius 1 is 1.00 bits per heavy atom. The average molecular weight is 191 g/mol. The van der Waals surface area contributed by atoms with E-state index in [1.54, 1.807) is 0 Å². The Bertz CT molecular complexity index is 95.1. The maximum Gasteiger partial charge on any atom is 0.358 e. The zero-order valence-electron chi connectivity index (χ0n) is 8.23. The van der Waals surface area contributed by atoms with Gasteiger partial charge in [0, 0.05) is 13.2 Å². The minimum atomic E-state index is -1.17. The van der Waals surface area contributed by atoms with Gasteiger partial charge in [-0.25, -0.2) is 0 Å². The van der Waals surface area contributed by atoms with Gasteiger partial charge in [0.2, 0.25) is 0 Å². The lowest BCUT2D eigenvalue weighted by atomic mass is 10.9. The van der Waals surface area contributed by atoms with Crippen LogP contribution >= 0.6 is 0 Å². The van der Waals surface area contributed by atoms with Gasteiger partial charge in [-0.1, -0.05) is 19.6 Å². The molecule has 0 unspecified atom stereocenters. The molecule has 0 aromatic carbocycles. The number of hydrogen-bond acceptors (Lipinski definition) is 2. The summed E-state index contributed by atoms with van der Waals surface area (Å²) >= 11 is 0. The molecule has 0 amide bonds. The van der Waals surface area contributed by atoms with Gasteiger partial charge >= 0.3 is 8.80 Å². The smallest absolute Gasteiger partial charge is 0.358 e. The van der Waals surface area contributed by atoms with Gasteiger partial charge in [-0.3, -0.25) is 0 Å². The van der Waals surface area contributed by atoms with E-state index in [4.69, 9.17) is 8.85 Å². The number of hydrogen-bond donors (Lipinski definition) is 0. The zero-order valence-corrected chi connectivity index (χ0v) is 10.2. The molecular formula is C7H19O2Si2. The van der Waals surface area contributed by atoms with Crippen molar-refractivity contribution in [3.8, 4) is 0 Å². The van der Waals surface area contributed by atoms with Crippen LogP contribution in [0.5, 0.6) is 0 Å². The Hall–Kier alpha value is 0.354. The summed E-state index contributed by atoms with van der Waals surface area (Å²) in [6, 6.07) is 0. The molecule has 11 heavy (non-hydrogen) atoms. The van der Waals surface area contributed by atoms with Crippen molar-refractivity contribution in [2.45, 2.75) is 33.5 Å². The van der Waals surface area contributed by atoms with E-state index in [0.29, 0.717) is 0 Å². The van der Waals surface area contributed by atoms with E-state index >= 15 is 0 Å². The summed E-state index contributed by atoms with van der Waals surface area (Å²) in [6.45, 7) is 12.5. The van der Waals surface area contributed by atoms with Crippen LogP contribution in [0.15, 0.2) is 0 Å². The van der Waals surface area contributed by atoms with Crippen molar-refractivity contribution in [3.63, 3.8) is 0 Å². The van der Waals surface area contributed by atoms with Gasteiger partial charge in [-0.15, -0.1) is 0 Å². The van der Waals surface area contributed by atoms with E-state index < -0.39 is 16.4 Å². The maximum absolute atomic E-state index is 5.59. The fraction of sp³-hybridized carbons (Fsp3) is 1.00. The second kappa shape index (κ2) is 5.08. The van der Waals surface area contributed by atoms with Crippen molar-refractivity contribution in [2.75, 3.05) is 13.2 Å². The first kappa shape index (κ1) is 11.4. The van der Waals surface area contributed by atoms with E-state index in [-0.39, 0.29) is 0 Å². The summed E-state index contributed by atoms with van der Waals surface area (Å²) < 4.78 is 11.2. The third kappa shape index (κ3) is 4.73. The highest BCUT2D eigenvalue weighted by Crippen LogP contribution is 2.08. The van der Waals surface area contributed by atoms with E-state index in [9.17, 15) is 0 Å². The lowest BCUT2D eigenvalue weighted by molar-refractivity contribution is 0.229. The van der Waals surface area contributed by atoms with Crippen molar-refractivity contribution in [1.82, 2.24) is 0 Å². The Labute approximate surface area is 72.5 Å². The van der Waals surface area contributed by atoms with Crippen LogP contribution in [0.25, 0.3) is 0 Å². The normalized spacial score (nSPS) is 12.5. The summed E-state index contributed by atoms with van der Waals surface area (Å²) in [5.74, 6) is 0. The maximum atomic E-state index is 5.59. The lowest BCUT2D eigenvalue weighted by Crippen LogP contribution is -2.47. The predicted molar refractivity (Wildman–Crippen MR) is 52.4 cm³/mol. The van der Waals surface area contributed by atoms with Crippen LogP contribution < -0.4 is 0 Å². The first-order valence-electron chi connectivity index (χ1n) is 4.15. The van der Waals surface area contributed by atoms with Crippen LogP contribution in [0, 0.1) is 0 Å².